The third-order valence-electron chi connectivity index (χ3n) is 8.59. The Morgan fingerprint density at radius 2 is 1.52 bits per heavy atom. The van der Waals surface area contributed by atoms with Crippen LogP contribution in [0.3, 0.4) is 0 Å². The smallest absolute Gasteiger partial charge is 0.407 e. The van der Waals surface area contributed by atoms with Gasteiger partial charge in [-0.3, -0.25) is 14.5 Å². The zero-order chi connectivity index (χ0) is 29.5. The number of nitrogens with zero attached hydrogens (tertiary/aromatic N) is 1. The highest BCUT2D eigenvalue weighted by Crippen LogP contribution is 2.44. The SMILES string of the molecule is CC(CCNC(=O)CC1(NC(=O)OCC2c3ccccc3-c3ccccc32)CCN(Cc2ccccc2)CC1)C(=O)O. The number of aliphatic carboxylic acids is 1. The number of rotatable bonds is 11. The first-order valence-electron chi connectivity index (χ1n) is 14.7. The Balaban J connectivity index is 1.23. The zero-order valence-electron chi connectivity index (χ0n) is 24.1. The topological polar surface area (TPSA) is 108 Å². The minimum Gasteiger partial charge on any atom is -0.481 e. The number of benzene rings is 3. The number of hydrogen-bond acceptors (Lipinski definition) is 5. The molecule has 0 saturated carbocycles. The van der Waals surface area contributed by atoms with Crippen molar-refractivity contribution in [2.24, 2.45) is 5.92 Å². The van der Waals surface area contributed by atoms with Gasteiger partial charge in [0.2, 0.25) is 5.91 Å². The highest BCUT2D eigenvalue weighted by molar-refractivity contribution is 5.80. The van der Waals surface area contributed by atoms with Crippen LogP contribution in [0.25, 0.3) is 11.1 Å². The summed E-state index contributed by atoms with van der Waals surface area (Å²) < 4.78 is 5.85. The molecule has 1 fully saturated rings. The van der Waals surface area contributed by atoms with E-state index in [1.165, 1.54) is 16.7 Å². The maximum atomic E-state index is 13.3. The Kier molecular flexibility index (Phi) is 9.22. The highest BCUT2D eigenvalue weighted by Gasteiger charge is 2.39. The molecule has 2 amide bonds. The maximum absolute atomic E-state index is 13.3. The van der Waals surface area contributed by atoms with Crippen molar-refractivity contribution in [2.75, 3.05) is 26.2 Å². The molecule has 1 heterocycles. The van der Waals surface area contributed by atoms with E-state index in [0.717, 1.165) is 30.8 Å². The van der Waals surface area contributed by atoms with Gasteiger partial charge in [-0.05, 0) is 47.1 Å². The summed E-state index contributed by atoms with van der Waals surface area (Å²) in [5.41, 5.74) is 5.09. The quantitative estimate of drug-likeness (QED) is 0.294. The van der Waals surface area contributed by atoms with Gasteiger partial charge in [0.05, 0.1) is 11.5 Å². The van der Waals surface area contributed by atoms with Crippen LogP contribution in [0.15, 0.2) is 78.9 Å². The van der Waals surface area contributed by atoms with Crippen LogP contribution in [0, 0.1) is 5.92 Å². The number of carbonyl (C=O) groups excluding carboxylic acids is 2. The standard InChI is InChI=1S/C34H39N3O5/c1-24(32(39)40)15-18-35-31(38)21-34(16-19-37(20-17-34)22-25-9-3-2-4-10-25)36-33(41)42-23-30-28-13-7-5-11-26(28)27-12-6-8-14-29(27)30/h2-14,24,30H,15-23H2,1H3,(H,35,38)(H,36,41)(H,39,40). The summed E-state index contributed by atoms with van der Waals surface area (Å²) in [6.45, 7) is 4.35. The molecule has 0 spiro atoms. The van der Waals surface area contributed by atoms with Crippen LogP contribution < -0.4 is 10.6 Å². The molecular formula is C34H39N3O5. The third-order valence-corrected chi connectivity index (χ3v) is 8.59. The number of alkyl carbamates (subject to hydrolysis) is 1. The van der Waals surface area contributed by atoms with E-state index < -0.39 is 23.5 Å². The van der Waals surface area contributed by atoms with Gasteiger partial charge >= 0.3 is 12.1 Å². The van der Waals surface area contributed by atoms with Gasteiger partial charge in [0.1, 0.15) is 6.61 Å². The molecule has 8 heteroatoms. The molecule has 3 aromatic rings. The van der Waals surface area contributed by atoms with Gasteiger partial charge in [0, 0.05) is 38.5 Å². The number of piperidine rings is 1. The normalized spacial score (nSPS) is 16.6. The minimum atomic E-state index is -0.886. The third kappa shape index (κ3) is 6.99. The van der Waals surface area contributed by atoms with E-state index in [0.29, 0.717) is 19.3 Å². The van der Waals surface area contributed by atoms with Gasteiger partial charge in [-0.25, -0.2) is 4.79 Å². The molecule has 1 aliphatic carbocycles. The van der Waals surface area contributed by atoms with Crippen molar-refractivity contribution in [3.8, 4) is 11.1 Å². The lowest BCUT2D eigenvalue weighted by molar-refractivity contribution is -0.141. The van der Waals surface area contributed by atoms with Gasteiger partial charge < -0.3 is 20.5 Å². The van der Waals surface area contributed by atoms with E-state index in [9.17, 15) is 14.4 Å². The van der Waals surface area contributed by atoms with E-state index in [-0.39, 0.29) is 31.4 Å². The highest BCUT2D eigenvalue weighted by atomic mass is 16.5. The summed E-state index contributed by atoms with van der Waals surface area (Å²) >= 11 is 0. The van der Waals surface area contributed by atoms with E-state index in [1.807, 2.05) is 42.5 Å². The number of carboxylic acids is 1. The first kappa shape index (κ1) is 29.3. The molecule has 2 aliphatic rings. The van der Waals surface area contributed by atoms with Crippen LogP contribution in [0.2, 0.25) is 0 Å². The van der Waals surface area contributed by atoms with Crippen LogP contribution in [-0.4, -0.2) is 59.8 Å². The van der Waals surface area contributed by atoms with Crippen LogP contribution in [0.1, 0.15) is 55.2 Å². The number of hydrogen-bond donors (Lipinski definition) is 3. The Labute approximate surface area is 247 Å². The lowest BCUT2D eigenvalue weighted by Crippen LogP contribution is -2.57. The minimum absolute atomic E-state index is 0.0497. The molecule has 1 aliphatic heterocycles. The van der Waals surface area contributed by atoms with E-state index >= 15 is 0 Å². The lowest BCUT2D eigenvalue weighted by atomic mass is 9.84. The summed E-state index contributed by atoms with van der Waals surface area (Å²) in [6, 6.07) is 26.7. The van der Waals surface area contributed by atoms with Gasteiger partial charge in [0.15, 0.2) is 0 Å². The molecule has 1 unspecified atom stereocenters. The fraction of sp³-hybridized carbons (Fsp3) is 0.382. The molecule has 5 rings (SSSR count). The summed E-state index contributed by atoms with van der Waals surface area (Å²) in [7, 11) is 0. The van der Waals surface area contributed by atoms with Crippen molar-refractivity contribution in [2.45, 2.75) is 50.6 Å². The molecule has 1 saturated heterocycles. The second-order valence-electron chi connectivity index (χ2n) is 11.5. The molecule has 0 radical (unpaired) electrons. The maximum Gasteiger partial charge on any atom is 0.407 e. The van der Waals surface area contributed by atoms with Crippen LogP contribution in [0.5, 0.6) is 0 Å². The van der Waals surface area contributed by atoms with Crippen molar-refractivity contribution < 1.29 is 24.2 Å². The second kappa shape index (κ2) is 13.2. The number of nitrogens with one attached hydrogen (secondary N) is 2. The predicted octanol–water partition coefficient (Wildman–Crippen LogP) is 5.18. The van der Waals surface area contributed by atoms with E-state index in [1.54, 1.807) is 6.92 Å². The summed E-state index contributed by atoms with van der Waals surface area (Å²) in [5.74, 6) is -1.68. The summed E-state index contributed by atoms with van der Waals surface area (Å²) in [5, 5.41) is 15.1. The Bertz CT molecular complexity index is 1360. The van der Waals surface area contributed by atoms with Gasteiger partial charge in [0.25, 0.3) is 0 Å². The number of likely N-dealkylation sites (tertiary alicyclic amines) is 1. The van der Waals surface area contributed by atoms with E-state index in [4.69, 9.17) is 9.84 Å². The molecule has 220 valence electrons. The molecule has 3 aromatic carbocycles. The van der Waals surface area contributed by atoms with Crippen LogP contribution in [0.4, 0.5) is 4.79 Å². The Morgan fingerprint density at radius 1 is 0.929 bits per heavy atom. The van der Waals surface area contributed by atoms with Crippen molar-refractivity contribution >= 4 is 18.0 Å². The molecule has 0 bridgehead atoms. The largest absolute Gasteiger partial charge is 0.481 e. The number of amides is 2. The summed E-state index contributed by atoms with van der Waals surface area (Å²) in [4.78, 5) is 39.8. The van der Waals surface area contributed by atoms with Crippen molar-refractivity contribution in [3.63, 3.8) is 0 Å². The monoisotopic (exact) mass is 569 g/mol. The lowest BCUT2D eigenvalue weighted by Gasteiger charge is -2.41. The molecule has 3 N–H and O–H groups in total. The molecule has 8 nitrogen and oxygen atoms in total. The van der Waals surface area contributed by atoms with Gasteiger partial charge in [-0.15, -0.1) is 0 Å². The van der Waals surface area contributed by atoms with Gasteiger partial charge in [-0.1, -0.05) is 85.8 Å². The van der Waals surface area contributed by atoms with Crippen molar-refractivity contribution in [1.29, 1.82) is 0 Å². The predicted molar refractivity (Wildman–Crippen MR) is 161 cm³/mol. The first-order chi connectivity index (χ1) is 20.3. The zero-order valence-corrected chi connectivity index (χ0v) is 24.1. The first-order valence-corrected chi connectivity index (χ1v) is 14.7. The number of fused-ring (bicyclic) bond motifs is 3. The fourth-order valence-electron chi connectivity index (χ4n) is 6.10. The van der Waals surface area contributed by atoms with Crippen LogP contribution in [-0.2, 0) is 20.9 Å². The average Bonchev–Trinajstić information content (AvgIpc) is 3.31. The molecule has 42 heavy (non-hydrogen) atoms. The van der Waals surface area contributed by atoms with E-state index in [2.05, 4.69) is 51.9 Å². The molecule has 0 aromatic heterocycles. The average molecular weight is 570 g/mol. The molecular weight excluding hydrogens is 530 g/mol. The summed E-state index contributed by atoms with van der Waals surface area (Å²) in [6.07, 6.45) is 1.13. The number of carboxylic acid groups (broad SMARTS) is 1. The van der Waals surface area contributed by atoms with Crippen molar-refractivity contribution in [1.82, 2.24) is 15.5 Å². The van der Waals surface area contributed by atoms with Crippen LogP contribution >= 0.6 is 0 Å². The fourth-order valence-corrected chi connectivity index (χ4v) is 6.10. The Hall–Kier alpha value is -4.17. The molecule has 1 atom stereocenters. The van der Waals surface area contributed by atoms with Gasteiger partial charge in [-0.2, -0.15) is 0 Å². The van der Waals surface area contributed by atoms with Crippen molar-refractivity contribution in [3.05, 3.63) is 95.6 Å². The number of ether oxygens (including phenoxy) is 1. The second-order valence-corrected chi connectivity index (χ2v) is 11.5. The number of carbonyl (C=O) groups is 3. The Morgan fingerprint density at radius 3 is 2.14 bits per heavy atom.